The van der Waals surface area contributed by atoms with E-state index in [1.54, 1.807) is 22.1 Å². The maximum Gasteiger partial charge on any atom is 0.355 e. The number of aromatic carboxylic acids is 1. The number of nitrogens with zero attached hydrogens (tertiary/aromatic N) is 3. The van der Waals surface area contributed by atoms with Crippen LogP contribution in [-0.4, -0.2) is 34.3 Å². The molecule has 2 aromatic carbocycles. The third kappa shape index (κ3) is 6.35. The topological polar surface area (TPSA) is 128 Å². The lowest BCUT2D eigenvalue weighted by atomic mass is 9.79. The van der Waals surface area contributed by atoms with Crippen molar-refractivity contribution in [2.75, 3.05) is 0 Å². The lowest BCUT2D eigenvalue weighted by molar-refractivity contribution is 0.0691. The number of primary sulfonamides is 1. The van der Waals surface area contributed by atoms with Gasteiger partial charge in [0.25, 0.3) is 0 Å². The number of hydrogen-bond acceptors (Lipinski definition) is 7. The highest BCUT2D eigenvalue weighted by atomic mass is 32.2. The molecular weight excluding hydrogens is 632 g/mol. The van der Waals surface area contributed by atoms with Crippen LogP contribution in [0.25, 0.3) is 16.4 Å². The van der Waals surface area contributed by atoms with Gasteiger partial charge in [-0.2, -0.15) is 5.10 Å². The van der Waals surface area contributed by atoms with Gasteiger partial charge in [0, 0.05) is 38.8 Å². The van der Waals surface area contributed by atoms with Crippen LogP contribution >= 0.6 is 22.7 Å². The molecule has 3 aromatic heterocycles. The van der Waals surface area contributed by atoms with Crippen molar-refractivity contribution in [1.29, 1.82) is 0 Å². The number of hydrogen-bond donors (Lipinski definition) is 2. The smallest absolute Gasteiger partial charge is 0.355 e. The molecular formula is C33H29FN4O4S3. The minimum atomic E-state index is -4.23. The van der Waals surface area contributed by atoms with Crippen LogP contribution in [0.1, 0.15) is 69.3 Å². The van der Waals surface area contributed by atoms with E-state index in [-0.39, 0.29) is 12.1 Å². The first-order valence-electron chi connectivity index (χ1n) is 14.1. The van der Waals surface area contributed by atoms with Gasteiger partial charge in [-0.1, -0.05) is 43.9 Å². The van der Waals surface area contributed by atoms with Crippen molar-refractivity contribution in [2.45, 2.75) is 50.3 Å². The molecule has 45 heavy (non-hydrogen) atoms. The van der Waals surface area contributed by atoms with Gasteiger partial charge in [0.2, 0.25) is 15.2 Å². The predicted octanol–water partition coefficient (Wildman–Crippen LogP) is 6.53. The number of aromatic nitrogens is 3. The fourth-order valence-corrected chi connectivity index (χ4v) is 7.64. The second kappa shape index (κ2) is 11.7. The third-order valence-electron chi connectivity index (χ3n) is 7.97. The Kier molecular flexibility index (Phi) is 7.99. The molecule has 0 saturated heterocycles. The zero-order valence-electron chi connectivity index (χ0n) is 24.7. The number of carboxylic acid groups (broad SMARTS) is 1. The molecule has 6 rings (SSSR count). The quantitative estimate of drug-likeness (QED) is 0.182. The molecule has 230 valence electrons. The average molecular weight is 661 g/mol. The number of carboxylic acids is 1. The van der Waals surface area contributed by atoms with Crippen LogP contribution in [0.2, 0.25) is 0 Å². The predicted molar refractivity (Wildman–Crippen MR) is 173 cm³/mol. The molecule has 1 aliphatic rings. The standard InChI is InChI=1S/C33H29FN4O4S3/c1-19-7-12-24(44-19)13-8-20-5-4-6-22(15-20)29-25(16-21-9-14-28(26(34)17-21)45(35,41)42)30(33(2,3)23-10-11-23)38(37-29)32-36-27(18-43-32)31(39)40/h4-7,9,12,14-15,17-18,23H,10-11,16H2,1-3H3,(H,39,40)(H2,35,41,42). The molecule has 0 amide bonds. The lowest BCUT2D eigenvalue weighted by Crippen LogP contribution is -2.26. The molecule has 0 unspecified atom stereocenters. The van der Waals surface area contributed by atoms with E-state index in [2.05, 4.69) is 30.7 Å². The number of aryl methyl sites for hydroxylation is 1. The van der Waals surface area contributed by atoms with Crippen molar-refractivity contribution < 1.29 is 22.7 Å². The Morgan fingerprint density at radius 1 is 1.16 bits per heavy atom. The monoisotopic (exact) mass is 660 g/mol. The van der Waals surface area contributed by atoms with Crippen LogP contribution in [0.3, 0.4) is 0 Å². The van der Waals surface area contributed by atoms with E-state index in [4.69, 9.17) is 10.2 Å². The van der Waals surface area contributed by atoms with E-state index in [1.807, 2.05) is 43.3 Å². The van der Waals surface area contributed by atoms with Crippen molar-refractivity contribution >= 4 is 38.7 Å². The van der Waals surface area contributed by atoms with Crippen LogP contribution in [0.4, 0.5) is 4.39 Å². The summed E-state index contributed by atoms with van der Waals surface area (Å²) in [5.41, 5.74) is 3.89. The molecule has 0 atom stereocenters. The molecule has 8 nitrogen and oxygen atoms in total. The number of rotatable bonds is 8. The van der Waals surface area contributed by atoms with E-state index in [1.165, 1.54) is 33.7 Å². The van der Waals surface area contributed by atoms with E-state index in [0.29, 0.717) is 22.3 Å². The Morgan fingerprint density at radius 2 is 1.93 bits per heavy atom. The molecule has 12 heteroatoms. The summed E-state index contributed by atoms with van der Waals surface area (Å²) in [6, 6.07) is 15.6. The van der Waals surface area contributed by atoms with Crippen LogP contribution in [0.5, 0.6) is 0 Å². The Hall–Kier alpha value is -4.15. The summed E-state index contributed by atoms with van der Waals surface area (Å²) in [7, 11) is -4.23. The Balaban J connectivity index is 1.55. The second-order valence-corrected chi connectivity index (χ2v) is 15.3. The van der Waals surface area contributed by atoms with Gasteiger partial charge < -0.3 is 5.11 Å². The summed E-state index contributed by atoms with van der Waals surface area (Å²) >= 11 is 2.80. The van der Waals surface area contributed by atoms with Crippen molar-refractivity contribution in [3.8, 4) is 28.2 Å². The summed E-state index contributed by atoms with van der Waals surface area (Å²) < 4.78 is 40.5. The summed E-state index contributed by atoms with van der Waals surface area (Å²) in [4.78, 5) is 17.7. The van der Waals surface area contributed by atoms with Gasteiger partial charge in [0.15, 0.2) is 5.69 Å². The summed E-state index contributed by atoms with van der Waals surface area (Å²) in [6.07, 6.45) is 2.27. The van der Waals surface area contributed by atoms with Gasteiger partial charge in [0.1, 0.15) is 10.7 Å². The molecule has 1 aliphatic carbocycles. The van der Waals surface area contributed by atoms with Gasteiger partial charge in [0.05, 0.1) is 16.3 Å². The normalized spacial score (nSPS) is 13.4. The molecule has 1 saturated carbocycles. The molecule has 0 aliphatic heterocycles. The number of thiazole rings is 1. The van der Waals surface area contributed by atoms with Gasteiger partial charge in [-0.3, -0.25) is 0 Å². The summed E-state index contributed by atoms with van der Waals surface area (Å²) in [5.74, 6) is 4.75. The van der Waals surface area contributed by atoms with E-state index < -0.39 is 32.1 Å². The lowest BCUT2D eigenvalue weighted by Gasteiger charge is -2.27. The van der Waals surface area contributed by atoms with Crippen LogP contribution < -0.4 is 5.14 Å². The number of benzene rings is 2. The molecule has 5 aromatic rings. The highest BCUT2D eigenvalue weighted by Gasteiger charge is 2.44. The minimum absolute atomic E-state index is 0.0782. The number of sulfonamides is 1. The van der Waals surface area contributed by atoms with Crippen molar-refractivity contribution in [1.82, 2.24) is 14.8 Å². The first kappa shape index (κ1) is 30.9. The largest absolute Gasteiger partial charge is 0.476 e. The van der Waals surface area contributed by atoms with Gasteiger partial charge >= 0.3 is 5.97 Å². The molecule has 3 heterocycles. The Morgan fingerprint density at radius 3 is 2.56 bits per heavy atom. The van der Waals surface area contributed by atoms with Gasteiger partial charge in [-0.25, -0.2) is 32.4 Å². The second-order valence-electron chi connectivity index (χ2n) is 11.6. The van der Waals surface area contributed by atoms with Crippen molar-refractivity contribution in [3.05, 3.63) is 104 Å². The first-order chi connectivity index (χ1) is 21.3. The SMILES string of the molecule is Cc1ccc(C#Cc2cccc(-c3nn(-c4nc(C(=O)O)cs4)c(C(C)(C)C4CC4)c3Cc3ccc(S(N)(=O)=O)c(F)c3)c2)s1. The fraction of sp³-hybridized carbons (Fsp3) is 0.242. The van der Waals surface area contributed by atoms with Crippen molar-refractivity contribution in [3.63, 3.8) is 0 Å². The molecule has 1 fully saturated rings. The van der Waals surface area contributed by atoms with Crippen LogP contribution in [-0.2, 0) is 21.9 Å². The Labute approximate surface area is 268 Å². The van der Waals surface area contributed by atoms with E-state index >= 15 is 4.39 Å². The number of carbonyl (C=O) groups is 1. The highest BCUT2D eigenvalue weighted by molar-refractivity contribution is 7.89. The average Bonchev–Trinajstić information content (AvgIpc) is 3.40. The number of halogens is 1. The fourth-order valence-electron chi connectivity index (χ4n) is 5.58. The maximum atomic E-state index is 15.0. The number of nitrogens with two attached hydrogens (primary N) is 1. The molecule has 0 bridgehead atoms. The zero-order valence-corrected chi connectivity index (χ0v) is 27.1. The van der Waals surface area contributed by atoms with E-state index in [9.17, 15) is 18.3 Å². The zero-order chi connectivity index (χ0) is 32.1. The van der Waals surface area contributed by atoms with E-state index in [0.717, 1.165) is 40.1 Å². The number of thiophene rings is 1. The van der Waals surface area contributed by atoms with Crippen molar-refractivity contribution in [2.24, 2.45) is 11.1 Å². The van der Waals surface area contributed by atoms with Crippen LogP contribution in [0.15, 0.2) is 64.9 Å². The van der Waals surface area contributed by atoms with Gasteiger partial charge in [-0.15, -0.1) is 22.7 Å². The maximum absolute atomic E-state index is 15.0. The molecule has 3 N–H and O–H groups in total. The minimum Gasteiger partial charge on any atom is -0.476 e. The summed E-state index contributed by atoms with van der Waals surface area (Å²) in [5, 5.41) is 21.7. The van der Waals surface area contributed by atoms with Crippen LogP contribution in [0, 0.1) is 30.5 Å². The highest BCUT2D eigenvalue weighted by Crippen LogP contribution is 2.50. The summed E-state index contributed by atoms with van der Waals surface area (Å²) in [6.45, 7) is 6.30. The Bertz CT molecular complexity index is 2130. The molecule has 0 spiro atoms. The van der Waals surface area contributed by atoms with Gasteiger partial charge in [-0.05, 0) is 67.6 Å². The molecule has 0 radical (unpaired) electrons. The first-order valence-corrected chi connectivity index (χ1v) is 17.4. The third-order valence-corrected chi connectivity index (χ3v) is 10.7.